The first kappa shape index (κ1) is 13.6. The van der Waals surface area contributed by atoms with Gasteiger partial charge < -0.3 is 15.7 Å². The monoisotopic (exact) mass is 287 g/mol. The molecule has 1 aromatic heterocycles. The SMILES string of the molecule is CC1CN(c2nc(C(N)C(=O)O)cs2)CC(C)S1. The summed E-state index contributed by atoms with van der Waals surface area (Å²) in [4.78, 5) is 17.4. The van der Waals surface area contributed by atoms with Crippen LogP contribution in [0.2, 0.25) is 0 Å². The molecule has 3 N–H and O–H groups in total. The molecule has 0 aromatic carbocycles. The van der Waals surface area contributed by atoms with Crippen molar-refractivity contribution in [2.75, 3.05) is 18.0 Å². The molecule has 0 amide bonds. The predicted molar refractivity (Wildman–Crippen MR) is 75.4 cm³/mol. The van der Waals surface area contributed by atoms with Gasteiger partial charge in [0.1, 0.15) is 6.04 Å². The Hall–Kier alpha value is -0.790. The lowest BCUT2D eigenvalue weighted by Crippen LogP contribution is -2.40. The smallest absolute Gasteiger partial charge is 0.326 e. The second kappa shape index (κ2) is 5.46. The van der Waals surface area contributed by atoms with Crippen LogP contribution in [-0.4, -0.2) is 39.6 Å². The Kier molecular flexibility index (Phi) is 4.14. The summed E-state index contributed by atoms with van der Waals surface area (Å²) in [5.74, 6) is -1.04. The van der Waals surface area contributed by atoms with Crippen LogP contribution >= 0.6 is 23.1 Å². The van der Waals surface area contributed by atoms with Crippen LogP contribution < -0.4 is 10.6 Å². The molecule has 2 heterocycles. The molecule has 1 aliphatic rings. The number of carboxylic acids is 1. The van der Waals surface area contributed by atoms with Crippen LogP contribution in [0.3, 0.4) is 0 Å². The van der Waals surface area contributed by atoms with Crippen LogP contribution in [0.5, 0.6) is 0 Å². The van der Waals surface area contributed by atoms with Crippen molar-refractivity contribution >= 4 is 34.2 Å². The van der Waals surface area contributed by atoms with Crippen molar-refractivity contribution in [1.29, 1.82) is 0 Å². The van der Waals surface area contributed by atoms with Gasteiger partial charge in [0.05, 0.1) is 5.69 Å². The van der Waals surface area contributed by atoms with Crippen molar-refractivity contribution in [3.63, 3.8) is 0 Å². The largest absolute Gasteiger partial charge is 0.480 e. The lowest BCUT2D eigenvalue weighted by molar-refractivity contribution is -0.138. The maximum absolute atomic E-state index is 10.8. The van der Waals surface area contributed by atoms with E-state index in [2.05, 4.69) is 23.7 Å². The number of hydrogen-bond acceptors (Lipinski definition) is 6. The molecule has 0 saturated carbocycles. The molecule has 1 fully saturated rings. The summed E-state index contributed by atoms with van der Waals surface area (Å²) in [6.45, 7) is 6.30. The Morgan fingerprint density at radius 1 is 1.56 bits per heavy atom. The number of thiazole rings is 1. The molecule has 1 aliphatic heterocycles. The zero-order valence-electron chi connectivity index (χ0n) is 10.4. The van der Waals surface area contributed by atoms with Crippen molar-refractivity contribution in [3.8, 4) is 0 Å². The number of hydrogen-bond donors (Lipinski definition) is 2. The fraction of sp³-hybridized carbons (Fsp3) is 0.636. The molecule has 0 bridgehead atoms. The number of aromatic nitrogens is 1. The van der Waals surface area contributed by atoms with Crippen molar-refractivity contribution in [1.82, 2.24) is 4.98 Å². The Labute approximate surface area is 114 Å². The summed E-state index contributed by atoms with van der Waals surface area (Å²) in [5.41, 5.74) is 6.00. The summed E-state index contributed by atoms with van der Waals surface area (Å²) in [5, 5.41) is 12.6. The number of rotatable bonds is 3. The van der Waals surface area contributed by atoms with Gasteiger partial charge in [-0.1, -0.05) is 13.8 Å². The number of carbonyl (C=O) groups is 1. The number of nitrogens with two attached hydrogens (primary N) is 1. The molecule has 0 radical (unpaired) electrons. The van der Waals surface area contributed by atoms with Crippen molar-refractivity contribution in [3.05, 3.63) is 11.1 Å². The molecular weight excluding hydrogens is 270 g/mol. The van der Waals surface area contributed by atoms with E-state index in [0.717, 1.165) is 18.2 Å². The standard InChI is InChI=1S/C11H17N3O2S2/c1-6-3-14(4-7(2)18-6)11-13-8(5-17-11)9(12)10(15)16/h5-7,9H,3-4,12H2,1-2H3,(H,15,16). The summed E-state index contributed by atoms with van der Waals surface area (Å²) < 4.78 is 0. The second-order valence-electron chi connectivity index (χ2n) is 4.53. The minimum Gasteiger partial charge on any atom is -0.480 e. The first-order chi connectivity index (χ1) is 8.47. The zero-order valence-corrected chi connectivity index (χ0v) is 12.0. The minimum absolute atomic E-state index is 0.445. The first-order valence-corrected chi connectivity index (χ1v) is 7.64. The van der Waals surface area contributed by atoms with Crippen LogP contribution in [0.4, 0.5) is 5.13 Å². The summed E-state index contributed by atoms with van der Waals surface area (Å²) in [6, 6.07) is -1.02. The van der Waals surface area contributed by atoms with E-state index in [1.54, 1.807) is 5.38 Å². The highest BCUT2D eigenvalue weighted by Crippen LogP contribution is 2.31. The number of anilines is 1. The van der Waals surface area contributed by atoms with Gasteiger partial charge in [-0.05, 0) is 0 Å². The van der Waals surface area contributed by atoms with E-state index in [9.17, 15) is 4.79 Å². The van der Waals surface area contributed by atoms with E-state index in [-0.39, 0.29) is 0 Å². The van der Waals surface area contributed by atoms with E-state index >= 15 is 0 Å². The van der Waals surface area contributed by atoms with Crippen molar-refractivity contribution in [2.45, 2.75) is 30.4 Å². The fourth-order valence-corrected chi connectivity index (χ4v) is 4.23. The molecule has 7 heteroatoms. The fourth-order valence-electron chi connectivity index (χ4n) is 2.02. The lowest BCUT2D eigenvalue weighted by Gasteiger charge is -2.34. The van der Waals surface area contributed by atoms with Crippen LogP contribution in [0.25, 0.3) is 0 Å². The number of aliphatic carboxylic acids is 1. The van der Waals surface area contributed by atoms with Gasteiger partial charge in [0.2, 0.25) is 0 Å². The summed E-state index contributed by atoms with van der Waals surface area (Å²) in [7, 11) is 0. The molecule has 18 heavy (non-hydrogen) atoms. The van der Waals surface area contributed by atoms with Crippen LogP contribution in [0.15, 0.2) is 5.38 Å². The number of nitrogens with zero attached hydrogens (tertiary/aromatic N) is 2. The third-order valence-electron chi connectivity index (χ3n) is 2.78. The van der Waals surface area contributed by atoms with E-state index in [1.807, 2.05) is 11.8 Å². The Bertz CT molecular complexity index is 428. The van der Waals surface area contributed by atoms with Gasteiger partial charge in [-0.2, -0.15) is 11.8 Å². The molecule has 1 aromatic rings. The maximum Gasteiger partial charge on any atom is 0.326 e. The Balaban J connectivity index is 2.12. The molecule has 3 atom stereocenters. The van der Waals surface area contributed by atoms with Gasteiger partial charge in [0.25, 0.3) is 0 Å². The van der Waals surface area contributed by atoms with Crippen molar-refractivity contribution in [2.24, 2.45) is 5.73 Å². The highest BCUT2D eigenvalue weighted by Gasteiger charge is 2.25. The van der Waals surface area contributed by atoms with Crippen LogP contribution in [0, 0.1) is 0 Å². The van der Waals surface area contributed by atoms with E-state index in [0.29, 0.717) is 16.2 Å². The Morgan fingerprint density at radius 3 is 2.72 bits per heavy atom. The first-order valence-electron chi connectivity index (χ1n) is 5.81. The van der Waals surface area contributed by atoms with Gasteiger partial charge in [-0.15, -0.1) is 11.3 Å². The van der Waals surface area contributed by atoms with Gasteiger partial charge in [-0.25, -0.2) is 4.98 Å². The van der Waals surface area contributed by atoms with E-state index in [1.165, 1.54) is 11.3 Å². The molecule has 0 spiro atoms. The molecule has 1 saturated heterocycles. The quantitative estimate of drug-likeness (QED) is 0.878. The molecule has 2 rings (SSSR count). The topological polar surface area (TPSA) is 79.5 Å². The van der Waals surface area contributed by atoms with Gasteiger partial charge in [0.15, 0.2) is 5.13 Å². The molecule has 3 unspecified atom stereocenters. The average molecular weight is 287 g/mol. The van der Waals surface area contributed by atoms with E-state index in [4.69, 9.17) is 10.8 Å². The minimum atomic E-state index is -1.04. The van der Waals surface area contributed by atoms with E-state index < -0.39 is 12.0 Å². The Morgan fingerprint density at radius 2 is 2.17 bits per heavy atom. The zero-order chi connectivity index (χ0) is 13.3. The maximum atomic E-state index is 10.8. The number of thioether (sulfide) groups is 1. The molecular formula is C11H17N3O2S2. The summed E-state index contributed by atoms with van der Waals surface area (Å²) in [6.07, 6.45) is 0. The summed E-state index contributed by atoms with van der Waals surface area (Å²) >= 11 is 3.44. The highest BCUT2D eigenvalue weighted by molar-refractivity contribution is 8.00. The average Bonchev–Trinajstić information content (AvgIpc) is 2.75. The third kappa shape index (κ3) is 2.96. The van der Waals surface area contributed by atoms with Gasteiger partial charge >= 0.3 is 5.97 Å². The third-order valence-corrected chi connectivity index (χ3v) is 4.93. The lowest BCUT2D eigenvalue weighted by atomic mass is 10.2. The second-order valence-corrected chi connectivity index (χ2v) is 7.25. The van der Waals surface area contributed by atoms with Crippen molar-refractivity contribution < 1.29 is 9.90 Å². The van der Waals surface area contributed by atoms with Gasteiger partial charge in [-0.3, -0.25) is 4.79 Å². The number of carboxylic acid groups (broad SMARTS) is 1. The van der Waals surface area contributed by atoms with Crippen LogP contribution in [0.1, 0.15) is 25.6 Å². The molecule has 5 nitrogen and oxygen atoms in total. The predicted octanol–water partition coefficient (Wildman–Crippen LogP) is 1.56. The van der Waals surface area contributed by atoms with Crippen LogP contribution in [-0.2, 0) is 4.79 Å². The molecule has 100 valence electrons. The van der Waals surface area contributed by atoms with Gasteiger partial charge in [0, 0.05) is 29.0 Å². The normalized spacial score (nSPS) is 26.1. The highest BCUT2D eigenvalue weighted by atomic mass is 32.2. The molecule has 0 aliphatic carbocycles.